The number of hydrogen-bond acceptors (Lipinski definition) is 3. The zero-order valence-electron chi connectivity index (χ0n) is 10.7. The van der Waals surface area contributed by atoms with Gasteiger partial charge in [0.1, 0.15) is 0 Å². The van der Waals surface area contributed by atoms with Gasteiger partial charge in [0.15, 0.2) is 0 Å². The third-order valence-corrected chi connectivity index (χ3v) is 4.34. The van der Waals surface area contributed by atoms with Gasteiger partial charge >= 0.3 is 0 Å². The lowest BCUT2D eigenvalue weighted by Crippen LogP contribution is -2.54. The normalized spacial score (nSPS) is 34.9. The molecule has 0 heterocycles. The van der Waals surface area contributed by atoms with Crippen LogP contribution >= 0.6 is 0 Å². The minimum atomic E-state index is 0.291. The Morgan fingerprint density at radius 2 is 2.12 bits per heavy atom. The number of ether oxygens (including phenoxy) is 1. The SMILES string of the molecule is COCCN(C1CC1)C1(CN)CCC(C)C1. The second-order valence-corrected chi connectivity index (χ2v) is 5.69. The molecule has 2 aliphatic rings. The third kappa shape index (κ3) is 2.41. The smallest absolute Gasteiger partial charge is 0.0590 e. The van der Waals surface area contributed by atoms with Crippen molar-refractivity contribution < 1.29 is 4.74 Å². The first-order valence-electron chi connectivity index (χ1n) is 6.67. The van der Waals surface area contributed by atoms with E-state index in [1.165, 1.54) is 32.1 Å². The number of hydrogen-bond donors (Lipinski definition) is 1. The molecule has 0 radical (unpaired) electrons. The van der Waals surface area contributed by atoms with Crippen LogP contribution in [0.25, 0.3) is 0 Å². The second-order valence-electron chi connectivity index (χ2n) is 5.69. The van der Waals surface area contributed by atoms with Gasteiger partial charge in [-0.05, 0) is 38.0 Å². The Labute approximate surface area is 99.3 Å². The van der Waals surface area contributed by atoms with Crippen LogP contribution in [0.3, 0.4) is 0 Å². The van der Waals surface area contributed by atoms with Crippen LogP contribution < -0.4 is 5.73 Å². The average molecular weight is 226 g/mol. The van der Waals surface area contributed by atoms with Crippen LogP contribution in [-0.4, -0.2) is 43.3 Å². The molecule has 0 aromatic heterocycles. The van der Waals surface area contributed by atoms with Crippen LogP contribution in [0.1, 0.15) is 39.0 Å². The van der Waals surface area contributed by atoms with Crippen molar-refractivity contribution in [1.29, 1.82) is 0 Å². The van der Waals surface area contributed by atoms with Crippen LogP contribution in [0.5, 0.6) is 0 Å². The molecule has 0 amide bonds. The van der Waals surface area contributed by atoms with Crippen molar-refractivity contribution in [1.82, 2.24) is 4.90 Å². The lowest BCUT2D eigenvalue weighted by Gasteiger charge is -2.41. The zero-order chi connectivity index (χ0) is 11.6. The molecule has 0 aromatic carbocycles. The van der Waals surface area contributed by atoms with Gasteiger partial charge in [-0.1, -0.05) is 6.92 Å². The molecule has 3 nitrogen and oxygen atoms in total. The molecule has 16 heavy (non-hydrogen) atoms. The molecule has 0 bridgehead atoms. The highest BCUT2D eigenvalue weighted by Gasteiger charge is 2.46. The molecule has 2 fully saturated rings. The molecule has 0 spiro atoms. The molecule has 2 N–H and O–H groups in total. The van der Waals surface area contributed by atoms with Gasteiger partial charge in [-0.25, -0.2) is 0 Å². The summed E-state index contributed by atoms with van der Waals surface area (Å²) in [6, 6.07) is 0.795. The molecule has 0 saturated heterocycles. The van der Waals surface area contributed by atoms with E-state index in [1.807, 2.05) is 0 Å². The van der Waals surface area contributed by atoms with Crippen molar-refractivity contribution in [2.45, 2.75) is 50.6 Å². The van der Waals surface area contributed by atoms with E-state index in [1.54, 1.807) is 7.11 Å². The Kier molecular flexibility index (Phi) is 3.88. The number of nitrogens with two attached hydrogens (primary N) is 1. The molecule has 2 rings (SSSR count). The van der Waals surface area contributed by atoms with Gasteiger partial charge in [0.25, 0.3) is 0 Å². The summed E-state index contributed by atoms with van der Waals surface area (Å²) in [6.07, 6.45) is 6.63. The van der Waals surface area contributed by atoms with E-state index in [-0.39, 0.29) is 0 Å². The number of rotatable bonds is 6. The molecule has 2 aliphatic carbocycles. The molecule has 0 aromatic rings. The molecule has 94 valence electrons. The molecular formula is C13H26N2O. The maximum atomic E-state index is 6.09. The maximum Gasteiger partial charge on any atom is 0.0590 e. The molecule has 0 aliphatic heterocycles. The Bertz CT molecular complexity index is 230. The van der Waals surface area contributed by atoms with Gasteiger partial charge in [-0.3, -0.25) is 4.90 Å². The Balaban J connectivity index is 2.03. The molecule has 3 heteroatoms. The highest BCUT2D eigenvalue weighted by molar-refractivity contribution is 5.03. The van der Waals surface area contributed by atoms with Crippen molar-refractivity contribution in [2.75, 3.05) is 26.8 Å². The summed E-state index contributed by atoms with van der Waals surface area (Å²) in [5.41, 5.74) is 6.38. The van der Waals surface area contributed by atoms with Gasteiger partial charge in [0.2, 0.25) is 0 Å². The summed E-state index contributed by atoms with van der Waals surface area (Å²) in [4.78, 5) is 2.67. The first-order chi connectivity index (χ1) is 7.72. The van der Waals surface area contributed by atoms with Crippen molar-refractivity contribution in [3.63, 3.8) is 0 Å². The zero-order valence-corrected chi connectivity index (χ0v) is 10.7. The van der Waals surface area contributed by atoms with E-state index in [4.69, 9.17) is 10.5 Å². The minimum Gasteiger partial charge on any atom is -0.383 e. The predicted octanol–water partition coefficient (Wildman–Crippen LogP) is 1.61. The van der Waals surface area contributed by atoms with E-state index in [0.29, 0.717) is 5.54 Å². The molecular weight excluding hydrogens is 200 g/mol. The Morgan fingerprint density at radius 1 is 1.38 bits per heavy atom. The first-order valence-corrected chi connectivity index (χ1v) is 6.67. The molecule has 2 unspecified atom stereocenters. The highest BCUT2D eigenvalue weighted by Crippen LogP contribution is 2.43. The largest absolute Gasteiger partial charge is 0.383 e. The Morgan fingerprint density at radius 3 is 2.56 bits per heavy atom. The second kappa shape index (κ2) is 5.03. The number of methoxy groups -OCH3 is 1. The van der Waals surface area contributed by atoms with E-state index in [9.17, 15) is 0 Å². The van der Waals surface area contributed by atoms with Gasteiger partial charge in [-0.2, -0.15) is 0 Å². The summed E-state index contributed by atoms with van der Waals surface area (Å²) in [6.45, 7) is 5.08. The summed E-state index contributed by atoms with van der Waals surface area (Å²) in [5, 5.41) is 0. The van der Waals surface area contributed by atoms with Gasteiger partial charge < -0.3 is 10.5 Å². The lowest BCUT2D eigenvalue weighted by molar-refractivity contribution is 0.0539. The van der Waals surface area contributed by atoms with Crippen LogP contribution in [0.15, 0.2) is 0 Å². The van der Waals surface area contributed by atoms with Crippen LogP contribution in [0, 0.1) is 5.92 Å². The highest BCUT2D eigenvalue weighted by atomic mass is 16.5. The van der Waals surface area contributed by atoms with Gasteiger partial charge in [0, 0.05) is 31.8 Å². The van der Waals surface area contributed by atoms with Crippen molar-refractivity contribution in [3.05, 3.63) is 0 Å². The van der Waals surface area contributed by atoms with E-state index in [2.05, 4.69) is 11.8 Å². The fraction of sp³-hybridized carbons (Fsp3) is 1.00. The summed E-state index contributed by atoms with van der Waals surface area (Å²) >= 11 is 0. The fourth-order valence-corrected chi connectivity index (χ4v) is 3.31. The monoisotopic (exact) mass is 226 g/mol. The van der Waals surface area contributed by atoms with Crippen LogP contribution in [0.4, 0.5) is 0 Å². The van der Waals surface area contributed by atoms with Crippen molar-refractivity contribution in [2.24, 2.45) is 11.7 Å². The summed E-state index contributed by atoms with van der Waals surface area (Å²) in [5.74, 6) is 0.840. The molecule has 2 saturated carbocycles. The quantitative estimate of drug-likeness (QED) is 0.748. The standard InChI is InChI=1S/C13H26N2O/c1-11-5-6-13(9-11,10-14)15(7-8-16-2)12-3-4-12/h11-12H,3-10,14H2,1-2H3. The van der Waals surface area contributed by atoms with E-state index in [0.717, 1.165) is 31.7 Å². The van der Waals surface area contributed by atoms with Gasteiger partial charge in [0.05, 0.1) is 6.61 Å². The van der Waals surface area contributed by atoms with Crippen molar-refractivity contribution >= 4 is 0 Å². The van der Waals surface area contributed by atoms with Crippen LogP contribution in [-0.2, 0) is 4.74 Å². The topological polar surface area (TPSA) is 38.5 Å². The average Bonchev–Trinajstić information content (AvgIpc) is 3.04. The number of nitrogens with zero attached hydrogens (tertiary/aromatic N) is 1. The third-order valence-electron chi connectivity index (χ3n) is 4.34. The summed E-state index contributed by atoms with van der Waals surface area (Å²) in [7, 11) is 1.79. The fourth-order valence-electron chi connectivity index (χ4n) is 3.31. The van der Waals surface area contributed by atoms with Crippen LogP contribution in [0.2, 0.25) is 0 Å². The Hall–Kier alpha value is -0.120. The lowest BCUT2D eigenvalue weighted by atomic mass is 9.93. The summed E-state index contributed by atoms with van der Waals surface area (Å²) < 4.78 is 5.24. The van der Waals surface area contributed by atoms with E-state index >= 15 is 0 Å². The predicted molar refractivity (Wildman–Crippen MR) is 66.4 cm³/mol. The van der Waals surface area contributed by atoms with E-state index < -0.39 is 0 Å². The minimum absolute atomic E-state index is 0.291. The first kappa shape index (κ1) is 12.3. The maximum absolute atomic E-state index is 6.09. The molecule has 2 atom stereocenters. The van der Waals surface area contributed by atoms with Gasteiger partial charge in [-0.15, -0.1) is 0 Å². The van der Waals surface area contributed by atoms with Crippen molar-refractivity contribution in [3.8, 4) is 0 Å².